The predicted molar refractivity (Wildman–Crippen MR) is 107 cm³/mol. The van der Waals surface area contributed by atoms with Crippen LogP contribution in [0.5, 0.6) is 0 Å². The van der Waals surface area contributed by atoms with Gasteiger partial charge in [-0.3, -0.25) is 9.69 Å². The van der Waals surface area contributed by atoms with Gasteiger partial charge in [0.05, 0.1) is 0 Å². The Kier molecular flexibility index (Phi) is 5.89. The van der Waals surface area contributed by atoms with Gasteiger partial charge >= 0.3 is 0 Å². The fraction of sp³-hybridized carbons (Fsp3) is 0.350. The third-order valence-electron chi connectivity index (χ3n) is 4.47. The second kappa shape index (κ2) is 8.12. The van der Waals surface area contributed by atoms with Crippen molar-refractivity contribution in [2.24, 2.45) is 5.92 Å². The number of nitrogens with one attached hydrogen (secondary N) is 1. The second-order valence-electron chi connectivity index (χ2n) is 6.64. The van der Waals surface area contributed by atoms with Gasteiger partial charge in [0, 0.05) is 27.9 Å². The Hall–Kier alpha value is -1.40. The van der Waals surface area contributed by atoms with Gasteiger partial charge in [0.1, 0.15) is 0 Å². The summed E-state index contributed by atoms with van der Waals surface area (Å²) in [5.74, 6) is 0.729. The number of rotatable bonds is 4. The van der Waals surface area contributed by atoms with Gasteiger partial charge < -0.3 is 5.32 Å². The van der Waals surface area contributed by atoms with E-state index in [-0.39, 0.29) is 5.91 Å². The molecular formula is C20H23IN2O. The Morgan fingerprint density at radius 1 is 1.17 bits per heavy atom. The van der Waals surface area contributed by atoms with E-state index in [9.17, 15) is 4.79 Å². The molecule has 0 saturated carbocycles. The fourth-order valence-corrected chi connectivity index (χ4v) is 3.55. The minimum Gasteiger partial charge on any atom is -0.322 e. The van der Waals surface area contributed by atoms with Gasteiger partial charge in [-0.2, -0.15) is 0 Å². The van der Waals surface area contributed by atoms with E-state index in [0.717, 1.165) is 21.7 Å². The number of amides is 1. The summed E-state index contributed by atoms with van der Waals surface area (Å²) in [6.45, 7) is 5.65. The molecule has 1 N–H and O–H groups in total. The Labute approximate surface area is 157 Å². The number of benzene rings is 2. The molecule has 0 bridgehead atoms. The molecule has 2 aromatic carbocycles. The molecule has 0 aliphatic carbocycles. The topological polar surface area (TPSA) is 32.3 Å². The smallest absolute Gasteiger partial charge is 0.255 e. The lowest BCUT2D eigenvalue weighted by atomic mass is 9.99. The first-order chi connectivity index (χ1) is 11.6. The van der Waals surface area contributed by atoms with Crippen LogP contribution in [0.25, 0.3) is 0 Å². The molecule has 0 radical (unpaired) electrons. The summed E-state index contributed by atoms with van der Waals surface area (Å²) in [4.78, 5) is 14.8. The summed E-state index contributed by atoms with van der Waals surface area (Å²) < 4.78 is 1.15. The quantitative estimate of drug-likeness (QED) is 0.703. The van der Waals surface area contributed by atoms with Gasteiger partial charge in [0.15, 0.2) is 0 Å². The van der Waals surface area contributed by atoms with E-state index < -0.39 is 0 Å². The Balaban J connectivity index is 1.59. The van der Waals surface area contributed by atoms with Crippen molar-refractivity contribution in [1.29, 1.82) is 0 Å². The van der Waals surface area contributed by atoms with Crippen LogP contribution in [0.3, 0.4) is 0 Å². The van der Waals surface area contributed by atoms with Gasteiger partial charge in [-0.15, -0.1) is 0 Å². The third kappa shape index (κ3) is 4.80. The van der Waals surface area contributed by atoms with Crippen LogP contribution in [-0.4, -0.2) is 23.9 Å². The Morgan fingerprint density at radius 2 is 1.88 bits per heavy atom. The molecule has 126 valence electrons. The van der Waals surface area contributed by atoms with E-state index in [1.165, 1.54) is 31.5 Å². The van der Waals surface area contributed by atoms with Crippen LogP contribution >= 0.6 is 22.6 Å². The highest BCUT2D eigenvalue weighted by molar-refractivity contribution is 14.1. The monoisotopic (exact) mass is 434 g/mol. The molecule has 1 aliphatic heterocycles. The first-order valence-corrected chi connectivity index (χ1v) is 9.56. The number of carbonyl (C=O) groups is 1. The number of anilines is 1. The van der Waals surface area contributed by atoms with E-state index in [4.69, 9.17) is 0 Å². The molecule has 0 spiro atoms. The minimum atomic E-state index is -0.0608. The SMILES string of the molecule is C[C@H]1CCCN(Cc2ccc(C(=O)Nc3ccc(I)cc3)cc2)C1. The van der Waals surface area contributed by atoms with Gasteiger partial charge in [0.2, 0.25) is 0 Å². The summed E-state index contributed by atoms with van der Waals surface area (Å²) in [6.07, 6.45) is 2.63. The van der Waals surface area contributed by atoms with Crippen molar-refractivity contribution in [1.82, 2.24) is 4.90 Å². The molecule has 1 saturated heterocycles. The molecule has 0 aromatic heterocycles. The average molecular weight is 434 g/mol. The van der Waals surface area contributed by atoms with E-state index in [1.54, 1.807) is 0 Å². The first-order valence-electron chi connectivity index (χ1n) is 8.48. The van der Waals surface area contributed by atoms with Crippen molar-refractivity contribution >= 4 is 34.2 Å². The minimum absolute atomic E-state index is 0.0608. The zero-order chi connectivity index (χ0) is 16.9. The molecule has 1 amide bonds. The first kappa shape index (κ1) is 17.4. The van der Waals surface area contributed by atoms with E-state index in [2.05, 4.69) is 51.9 Å². The third-order valence-corrected chi connectivity index (χ3v) is 5.18. The normalized spacial score (nSPS) is 18.3. The zero-order valence-electron chi connectivity index (χ0n) is 14.0. The van der Waals surface area contributed by atoms with Gasteiger partial charge in [-0.05, 0) is 89.9 Å². The van der Waals surface area contributed by atoms with Crippen molar-refractivity contribution in [2.75, 3.05) is 18.4 Å². The summed E-state index contributed by atoms with van der Waals surface area (Å²) in [6, 6.07) is 15.8. The van der Waals surface area contributed by atoms with Crippen LogP contribution in [-0.2, 0) is 6.54 Å². The van der Waals surface area contributed by atoms with Crippen LogP contribution in [0.1, 0.15) is 35.7 Å². The van der Waals surface area contributed by atoms with Gasteiger partial charge in [-0.1, -0.05) is 19.1 Å². The van der Waals surface area contributed by atoms with E-state index >= 15 is 0 Å². The van der Waals surface area contributed by atoms with Crippen molar-refractivity contribution in [3.8, 4) is 0 Å². The number of hydrogen-bond donors (Lipinski definition) is 1. The largest absolute Gasteiger partial charge is 0.322 e. The van der Waals surface area contributed by atoms with Crippen LogP contribution in [0, 0.1) is 9.49 Å². The molecule has 4 heteroatoms. The van der Waals surface area contributed by atoms with Crippen LogP contribution in [0.2, 0.25) is 0 Å². The molecule has 1 atom stereocenters. The molecule has 3 rings (SSSR count). The van der Waals surface area contributed by atoms with Crippen LogP contribution in [0.4, 0.5) is 5.69 Å². The summed E-state index contributed by atoms with van der Waals surface area (Å²) >= 11 is 2.25. The highest BCUT2D eigenvalue weighted by Gasteiger charge is 2.16. The molecular weight excluding hydrogens is 411 g/mol. The van der Waals surface area contributed by atoms with Gasteiger partial charge in [-0.25, -0.2) is 0 Å². The molecule has 1 fully saturated rings. The maximum absolute atomic E-state index is 12.3. The predicted octanol–water partition coefficient (Wildman–Crippen LogP) is 4.78. The van der Waals surface area contributed by atoms with Crippen molar-refractivity contribution in [3.63, 3.8) is 0 Å². The summed E-state index contributed by atoms with van der Waals surface area (Å²) in [7, 11) is 0. The number of piperidine rings is 1. The lowest BCUT2D eigenvalue weighted by Crippen LogP contribution is -2.33. The highest BCUT2D eigenvalue weighted by Crippen LogP contribution is 2.18. The summed E-state index contributed by atoms with van der Waals surface area (Å²) in [5, 5.41) is 2.94. The Bertz CT molecular complexity index is 682. The number of carbonyl (C=O) groups excluding carboxylic acids is 1. The van der Waals surface area contributed by atoms with E-state index in [1.807, 2.05) is 36.4 Å². The number of likely N-dealkylation sites (tertiary alicyclic amines) is 1. The molecule has 1 heterocycles. The van der Waals surface area contributed by atoms with Crippen molar-refractivity contribution in [3.05, 3.63) is 63.2 Å². The van der Waals surface area contributed by atoms with Crippen molar-refractivity contribution < 1.29 is 4.79 Å². The average Bonchev–Trinajstić information content (AvgIpc) is 2.57. The van der Waals surface area contributed by atoms with E-state index in [0.29, 0.717) is 5.56 Å². The second-order valence-corrected chi connectivity index (χ2v) is 7.89. The zero-order valence-corrected chi connectivity index (χ0v) is 16.1. The number of nitrogens with zero attached hydrogens (tertiary/aromatic N) is 1. The van der Waals surface area contributed by atoms with Crippen molar-refractivity contribution in [2.45, 2.75) is 26.3 Å². The van der Waals surface area contributed by atoms with Crippen LogP contribution in [0.15, 0.2) is 48.5 Å². The molecule has 2 aromatic rings. The highest BCUT2D eigenvalue weighted by atomic mass is 127. The lowest BCUT2D eigenvalue weighted by Gasteiger charge is -2.30. The lowest BCUT2D eigenvalue weighted by molar-refractivity contribution is 0.102. The molecule has 24 heavy (non-hydrogen) atoms. The Morgan fingerprint density at radius 3 is 2.54 bits per heavy atom. The number of halogens is 1. The fourth-order valence-electron chi connectivity index (χ4n) is 3.19. The number of hydrogen-bond acceptors (Lipinski definition) is 2. The van der Waals surface area contributed by atoms with Gasteiger partial charge in [0.25, 0.3) is 5.91 Å². The standard InChI is InChI=1S/C20H23IN2O/c1-15-3-2-12-23(13-15)14-16-4-6-17(7-5-16)20(24)22-19-10-8-18(21)9-11-19/h4-11,15H,2-3,12-14H2,1H3,(H,22,24)/t15-/m0/s1. The maximum atomic E-state index is 12.3. The molecule has 1 aliphatic rings. The summed E-state index contributed by atoms with van der Waals surface area (Å²) in [5.41, 5.74) is 2.80. The maximum Gasteiger partial charge on any atom is 0.255 e. The molecule has 0 unspecified atom stereocenters. The van der Waals surface area contributed by atoms with Crippen LogP contribution < -0.4 is 5.32 Å². The molecule has 3 nitrogen and oxygen atoms in total.